The molecule has 0 saturated carbocycles. The predicted molar refractivity (Wildman–Crippen MR) is 115 cm³/mol. The highest BCUT2D eigenvalue weighted by Crippen LogP contribution is 2.27. The second-order valence-corrected chi connectivity index (χ2v) is 7.44. The quantitative estimate of drug-likeness (QED) is 0.549. The van der Waals surface area contributed by atoms with Crippen molar-refractivity contribution in [3.8, 4) is 6.07 Å². The SMILES string of the molecule is Cc1c(C#N)c(NC(=O)COC(=O)C[C@H](C)c2ccccc2)n(Cc2ccco2)c1C. The minimum atomic E-state index is -0.504. The third-order valence-electron chi connectivity index (χ3n) is 5.30. The van der Waals surface area contributed by atoms with Gasteiger partial charge >= 0.3 is 5.97 Å². The molecule has 0 aliphatic heterocycles. The Hall–Kier alpha value is -3.79. The first-order valence-corrected chi connectivity index (χ1v) is 10.0. The molecule has 1 atom stereocenters. The van der Waals surface area contributed by atoms with Gasteiger partial charge in [-0.25, -0.2) is 0 Å². The van der Waals surface area contributed by atoms with Crippen LogP contribution in [0.25, 0.3) is 0 Å². The maximum Gasteiger partial charge on any atom is 0.306 e. The Morgan fingerprint density at radius 1 is 1.19 bits per heavy atom. The van der Waals surface area contributed by atoms with Crippen LogP contribution in [0, 0.1) is 25.2 Å². The van der Waals surface area contributed by atoms with Gasteiger partial charge < -0.3 is 19.0 Å². The van der Waals surface area contributed by atoms with Crippen LogP contribution in [-0.2, 0) is 20.9 Å². The first-order chi connectivity index (χ1) is 14.9. The fourth-order valence-corrected chi connectivity index (χ4v) is 3.41. The maximum atomic E-state index is 12.5. The largest absolute Gasteiger partial charge is 0.467 e. The van der Waals surface area contributed by atoms with Crippen LogP contribution in [0.1, 0.15) is 47.4 Å². The Kier molecular flexibility index (Phi) is 6.93. The van der Waals surface area contributed by atoms with Crippen molar-refractivity contribution >= 4 is 17.7 Å². The molecule has 1 aromatic carbocycles. The van der Waals surface area contributed by atoms with Crippen molar-refractivity contribution in [2.75, 3.05) is 11.9 Å². The Balaban J connectivity index is 1.64. The average Bonchev–Trinajstić information content (AvgIpc) is 3.36. The highest BCUT2D eigenvalue weighted by Gasteiger charge is 2.21. The van der Waals surface area contributed by atoms with Crippen molar-refractivity contribution in [2.24, 2.45) is 0 Å². The first-order valence-electron chi connectivity index (χ1n) is 10.0. The molecule has 0 spiro atoms. The smallest absolute Gasteiger partial charge is 0.306 e. The first kappa shape index (κ1) is 21.9. The number of hydrogen-bond donors (Lipinski definition) is 1. The molecular weight excluding hydrogens is 394 g/mol. The van der Waals surface area contributed by atoms with E-state index in [1.807, 2.05) is 61.7 Å². The summed E-state index contributed by atoms with van der Waals surface area (Å²) in [6.45, 7) is 5.58. The molecule has 1 N–H and O–H groups in total. The van der Waals surface area contributed by atoms with Crippen LogP contribution >= 0.6 is 0 Å². The normalized spacial score (nSPS) is 11.5. The minimum absolute atomic E-state index is 0.0159. The van der Waals surface area contributed by atoms with Crippen molar-refractivity contribution < 1.29 is 18.7 Å². The fourth-order valence-electron chi connectivity index (χ4n) is 3.41. The van der Waals surface area contributed by atoms with Crippen molar-refractivity contribution in [3.05, 3.63) is 76.9 Å². The summed E-state index contributed by atoms with van der Waals surface area (Å²) in [6.07, 6.45) is 1.74. The summed E-state index contributed by atoms with van der Waals surface area (Å²) in [5.41, 5.74) is 3.03. The summed E-state index contributed by atoms with van der Waals surface area (Å²) < 4.78 is 12.4. The number of carbonyl (C=O) groups is 2. The molecule has 3 rings (SSSR count). The molecule has 0 bridgehead atoms. The fraction of sp³-hybridized carbons (Fsp3) is 0.292. The van der Waals surface area contributed by atoms with E-state index in [0.29, 0.717) is 23.7 Å². The molecule has 0 saturated heterocycles. The van der Waals surface area contributed by atoms with Crippen molar-refractivity contribution in [1.29, 1.82) is 5.26 Å². The third kappa shape index (κ3) is 5.23. The topological polar surface area (TPSA) is 97.3 Å². The molecule has 0 aliphatic rings. The number of esters is 1. The van der Waals surface area contributed by atoms with Crippen molar-refractivity contribution in [1.82, 2.24) is 4.57 Å². The van der Waals surface area contributed by atoms with Gasteiger partial charge in [0.05, 0.1) is 24.8 Å². The highest BCUT2D eigenvalue weighted by atomic mass is 16.5. The van der Waals surface area contributed by atoms with Gasteiger partial charge in [0.25, 0.3) is 5.91 Å². The van der Waals surface area contributed by atoms with E-state index in [1.54, 1.807) is 12.3 Å². The van der Waals surface area contributed by atoms with Crippen LogP contribution < -0.4 is 5.32 Å². The van der Waals surface area contributed by atoms with Crippen LogP contribution in [0.5, 0.6) is 0 Å². The molecule has 1 amide bonds. The zero-order chi connectivity index (χ0) is 22.4. The minimum Gasteiger partial charge on any atom is -0.467 e. The van der Waals surface area contributed by atoms with Crippen molar-refractivity contribution in [2.45, 2.75) is 39.7 Å². The molecule has 0 unspecified atom stereocenters. The van der Waals surface area contributed by atoms with E-state index in [2.05, 4.69) is 11.4 Å². The molecule has 2 aromatic heterocycles. The number of nitrogens with one attached hydrogen (secondary N) is 1. The summed E-state index contributed by atoms with van der Waals surface area (Å²) >= 11 is 0. The number of nitriles is 1. The number of hydrogen-bond acceptors (Lipinski definition) is 5. The number of furan rings is 1. The number of rotatable bonds is 8. The summed E-state index contributed by atoms with van der Waals surface area (Å²) in [4.78, 5) is 24.7. The van der Waals surface area contributed by atoms with Gasteiger partial charge in [0.2, 0.25) is 0 Å². The lowest BCUT2D eigenvalue weighted by molar-refractivity contribution is -0.147. The molecule has 0 radical (unpaired) electrons. The van der Waals surface area contributed by atoms with E-state index in [1.165, 1.54) is 0 Å². The van der Waals surface area contributed by atoms with Gasteiger partial charge in [-0.1, -0.05) is 37.3 Å². The van der Waals surface area contributed by atoms with Gasteiger partial charge in [-0.2, -0.15) is 5.26 Å². The van der Waals surface area contributed by atoms with Gasteiger partial charge in [-0.3, -0.25) is 9.59 Å². The zero-order valence-electron chi connectivity index (χ0n) is 17.8. The molecule has 0 aliphatic carbocycles. The highest BCUT2D eigenvalue weighted by molar-refractivity contribution is 5.93. The lowest BCUT2D eigenvalue weighted by Gasteiger charge is -2.13. The molecular formula is C24H25N3O4. The van der Waals surface area contributed by atoms with E-state index in [0.717, 1.165) is 16.8 Å². The second-order valence-electron chi connectivity index (χ2n) is 7.44. The Morgan fingerprint density at radius 2 is 1.94 bits per heavy atom. The number of benzene rings is 1. The molecule has 7 nitrogen and oxygen atoms in total. The van der Waals surface area contributed by atoms with E-state index in [-0.39, 0.29) is 12.3 Å². The number of nitrogens with zero attached hydrogens (tertiary/aromatic N) is 2. The third-order valence-corrected chi connectivity index (χ3v) is 5.30. The Morgan fingerprint density at radius 3 is 2.58 bits per heavy atom. The summed E-state index contributed by atoms with van der Waals surface area (Å²) in [6, 6.07) is 15.4. The summed E-state index contributed by atoms with van der Waals surface area (Å²) in [7, 11) is 0. The van der Waals surface area contributed by atoms with Crippen LogP contribution in [0.15, 0.2) is 53.1 Å². The monoisotopic (exact) mass is 419 g/mol. The average molecular weight is 419 g/mol. The van der Waals surface area contributed by atoms with E-state index >= 15 is 0 Å². The number of ether oxygens (including phenoxy) is 1. The molecule has 3 aromatic rings. The predicted octanol–water partition coefficient (Wildman–Crippen LogP) is 4.29. The van der Waals surface area contributed by atoms with E-state index in [9.17, 15) is 14.9 Å². The number of anilines is 1. The summed E-state index contributed by atoms with van der Waals surface area (Å²) in [5, 5.41) is 12.3. The van der Waals surface area contributed by atoms with Gasteiger partial charge in [0.15, 0.2) is 6.61 Å². The number of amides is 1. The van der Waals surface area contributed by atoms with E-state index in [4.69, 9.17) is 9.15 Å². The molecule has 160 valence electrons. The standard InChI is InChI=1S/C24H25N3O4/c1-16(19-8-5-4-6-9-19)12-23(29)31-15-22(28)26-24-21(13-25)17(2)18(3)27(24)14-20-10-7-11-30-20/h4-11,16H,12,14-15H2,1-3H3,(H,26,28)/t16-/m0/s1. The lowest BCUT2D eigenvalue weighted by atomic mass is 9.98. The van der Waals surface area contributed by atoms with Gasteiger partial charge in [0.1, 0.15) is 17.6 Å². The lowest BCUT2D eigenvalue weighted by Crippen LogP contribution is -2.23. The van der Waals surface area contributed by atoms with E-state index < -0.39 is 18.5 Å². The Bertz CT molecular complexity index is 1090. The molecule has 2 heterocycles. The second kappa shape index (κ2) is 9.81. The number of aromatic nitrogens is 1. The van der Waals surface area contributed by atoms with Crippen LogP contribution in [0.3, 0.4) is 0 Å². The van der Waals surface area contributed by atoms with Gasteiger partial charge in [0, 0.05) is 5.69 Å². The zero-order valence-corrected chi connectivity index (χ0v) is 17.8. The van der Waals surface area contributed by atoms with Crippen molar-refractivity contribution in [3.63, 3.8) is 0 Å². The molecule has 7 heteroatoms. The molecule has 31 heavy (non-hydrogen) atoms. The Labute approximate surface area is 181 Å². The summed E-state index contributed by atoms with van der Waals surface area (Å²) in [5.74, 6) is 0.0885. The van der Waals surface area contributed by atoms with Gasteiger partial charge in [-0.15, -0.1) is 0 Å². The van der Waals surface area contributed by atoms with Gasteiger partial charge in [-0.05, 0) is 43.0 Å². The number of carbonyl (C=O) groups excluding carboxylic acids is 2. The van der Waals surface area contributed by atoms with Crippen LogP contribution in [0.2, 0.25) is 0 Å². The maximum absolute atomic E-state index is 12.5. The van der Waals surface area contributed by atoms with Crippen LogP contribution in [0.4, 0.5) is 5.82 Å². The van der Waals surface area contributed by atoms with Crippen LogP contribution in [-0.4, -0.2) is 23.1 Å². The molecule has 0 fully saturated rings.